The van der Waals surface area contributed by atoms with Gasteiger partial charge in [0, 0.05) is 37.8 Å². The van der Waals surface area contributed by atoms with E-state index in [1.54, 1.807) is 14.2 Å². The summed E-state index contributed by atoms with van der Waals surface area (Å²) in [6.45, 7) is 9.45. The fraction of sp³-hybridized carbons (Fsp3) is 0.435. The predicted octanol–water partition coefficient (Wildman–Crippen LogP) is 3.96. The summed E-state index contributed by atoms with van der Waals surface area (Å²) >= 11 is 0. The van der Waals surface area contributed by atoms with Gasteiger partial charge in [0.1, 0.15) is 11.5 Å². The molecule has 0 aromatic heterocycles. The van der Waals surface area contributed by atoms with Gasteiger partial charge in [-0.25, -0.2) is 0 Å². The Morgan fingerprint density at radius 1 is 0.893 bits per heavy atom. The molecule has 1 fully saturated rings. The molecule has 0 aliphatic carbocycles. The lowest BCUT2D eigenvalue weighted by molar-refractivity contribution is 0.0746. The van der Waals surface area contributed by atoms with E-state index in [2.05, 4.69) is 37.8 Å². The Bertz CT molecular complexity index is 817. The lowest BCUT2D eigenvalue weighted by Gasteiger charge is -2.36. The van der Waals surface area contributed by atoms with Gasteiger partial charge in [-0.1, -0.05) is 32.9 Å². The Morgan fingerprint density at radius 2 is 1.54 bits per heavy atom. The molecule has 1 aliphatic rings. The molecule has 150 valence electrons. The van der Waals surface area contributed by atoms with E-state index in [1.807, 2.05) is 35.2 Å². The highest BCUT2D eigenvalue weighted by Gasteiger charge is 2.24. The monoisotopic (exact) mass is 382 g/mol. The summed E-state index contributed by atoms with van der Waals surface area (Å²) < 4.78 is 10.8. The van der Waals surface area contributed by atoms with E-state index >= 15 is 0 Å². The number of methoxy groups -OCH3 is 2. The van der Waals surface area contributed by atoms with Crippen molar-refractivity contribution in [2.24, 2.45) is 0 Å². The number of nitrogens with zero attached hydrogens (tertiary/aromatic N) is 2. The van der Waals surface area contributed by atoms with Crippen LogP contribution in [-0.2, 0) is 5.41 Å². The molecule has 1 saturated heterocycles. The second-order valence-electron chi connectivity index (χ2n) is 8.14. The van der Waals surface area contributed by atoms with Crippen LogP contribution in [0.2, 0.25) is 0 Å². The van der Waals surface area contributed by atoms with Gasteiger partial charge in [0.2, 0.25) is 0 Å². The molecule has 1 heterocycles. The van der Waals surface area contributed by atoms with Gasteiger partial charge in [0.25, 0.3) is 5.91 Å². The van der Waals surface area contributed by atoms with Crippen molar-refractivity contribution < 1.29 is 14.3 Å². The Balaban J connectivity index is 1.66. The number of piperazine rings is 1. The quantitative estimate of drug-likeness (QED) is 0.803. The van der Waals surface area contributed by atoms with Gasteiger partial charge < -0.3 is 19.3 Å². The van der Waals surface area contributed by atoms with E-state index in [1.165, 1.54) is 5.56 Å². The van der Waals surface area contributed by atoms with E-state index in [9.17, 15) is 4.79 Å². The van der Waals surface area contributed by atoms with Gasteiger partial charge in [0.05, 0.1) is 19.9 Å². The number of hydrogen-bond acceptors (Lipinski definition) is 4. The minimum absolute atomic E-state index is 0.0879. The number of benzene rings is 2. The van der Waals surface area contributed by atoms with Crippen LogP contribution in [0.15, 0.2) is 42.5 Å². The van der Waals surface area contributed by atoms with E-state index in [0.29, 0.717) is 13.1 Å². The first-order valence-electron chi connectivity index (χ1n) is 9.70. The lowest BCUT2D eigenvalue weighted by atomic mass is 9.86. The smallest absolute Gasteiger partial charge is 0.253 e. The van der Waals surface area contributed by atoms with Crippen LogP contribution in [0.1, 0.15) is 36.7 Å². The number of hydrogen-bond donors (Lipinski definition) is 0. The van der Waals surface area contributed by atoms with E-state index in [4.69, 9.17) is 9.47 Å². The molecule has 1 amide bonds. The third kappa shape index (κ3) is 4.24. The Hall–Kier alpha value is -2.69. The van der Waals surface area contributed by atoms with Crippen molar-refractivity contribution in [2.75, 3.05) is 45.3 Å². The average molecular weight is 383 g/mol. The highest BCUT2D eigenvalue weighted by Crippen LogP contribution is 2.33. The van der Waals surface area contributed by atoms with Crippen LogP contribution < -0.4 is 14.4 Å². The number of amides is 1. The van der Waals surface area contributed by atoms with Crippen molar-refractivity contribution >= 4 is 11.6 Å². The van der Waals surface area contributed by atoms with Gasteiger partial charge in [-0.05, 0) is 35.2 Å². The fourth-order valence-corrected chi connectivity index (χ4v) is 3.49. The Morgan fingerprint density at radius 3 is 2.07 bits per heavy atom. The van der Waals surface area contributed by atoms with Crippen molar-refractivity contribution in [2.45, 2.75) is 26.2 Å². The third-order valence-corrected chi connectivity index (χ3v) is 5.29. The second kappa shape index (κ2) is 8.13. The number of carbonyl (C=O) groups excluding carboxylic acids is 1. The maximum atomic E-state index is 12.9. The zero-order valence-corrected chi connectivity index (χ0v) is 17.5. The minimum atomic E-state index is 0.0879. The van der Waals surface area contributed by atoms with Crippen LogP contribution in [0.25, 0.3) is 0 Å². The number of ether oxygens (including phenoxy) is 2. The van der Waals surface area contributed by atoms with Gasteiger partial charge in [-0.15, -0.1) is 0 Å². The average Bonchev–Trinajstić information content (AvgIpc) is 2.72. The van der Waals surface area contributed by atoms with Crippen LogP contribution in [0, 0.1) is 0 Å². The van der Waals surface area contributed by atoms with Crippen LogP contribution in [0.3, 0.4) is 0 Å². The first-order chi connectivity index (χ1) is 13.3. The second-order valence-corrected chi connectivity index (χ2v) is 8.14. The third-order valence-electron chi connectivity index (χ3n) is 5.29. The zero-order valence-electron chi connectivity index (χ0n) is 17.5. The van der Waals surface area contributed by atoms with Crippen molar-refractivity contribution in [3.8, 4) is 11.5 Å². The van der Waals surface area contributed by atoms with Gasteiger partial charge in [0.15, 0.2) is 0 Å². The first-order valence-corrected chi connectivity index (χ1v) is 9.70. The van der Waals surface area contributed by atoms with Crippen LogP contribution in [0.5, 0.6) is 11.5 Å². The predicted molar refractivity (Wildman–Crippen MR) is 113 cm³/mol. The normalized spacial score (nSPS) is 14.8. The van der Waals surface area contributed by atoms with Crippen molar-refractivity contribution in [1.29, 1.82) is 0 Å². The van der Waals surface area contributed by atoms with Gasteiger partial charge in [-0.2, -0.15) is 0 Å². The number of anilines is 1. The summed E-state index contributed by atoms with van der Waals surface area (Å²) in [6, 6.07) is 13.9. The molecule has 0 radical (unpaired) electrons. The fourth-order valence-electron chi connectivity index (χ4n) is 3.49. The summed E-state index contributed by atoms with van der Waals surface area (Å²) in [5, 5.41) is 0. The Kier molecular flexibility index (Phi) is 5.82. The summed E-state index contributed by atoms with van der Waals surface area (Å²) in [4.78, 5) is 17.1. The van der Waals surface area contributed by atoms with E-state index in [0.717, 1.165) is 35.8 Å². The summed E-state index contributed by atoms with van der Waals surface area (Å²) in [5.74, 6) is 1.66. The number of carbonyl (C=O) groups is 1. The minimum Gasteiger partial charge on any atom is -0.497 e. The van der Waals surface area contributed by atoms with Gasteiger partial charge >= 0.3 is 0 Å². The van der Waals surface area contributed by atoms with Gasteiger partial charge in [-0.3, -0.25) is 4.79 Å². The van der Waals surface area contributed by atoms with Crippen LogP contribution >= 0.6 is 0 Å². The molecule has 0 spiro atoms. The van der Waals surface area contributed by atoms with Crippen molar-refractivity contribution in [1.82, 2.24) is 4.90 Å². The maximum Gasteiger partial charge on any atom is 0.253 e. The summed E-state index contributed by atoms with van der Waals surface area (Å²) in [6.07, 6.45) is 0. The highest BCUT2D eigenvalue weighted by molar-refractivity contribution is 5.94. The van der Waals surface area contributed by atoms with Crippen molar-refractivity contribution in [3.63, 3.8) is 0 Å². The molecule has 2 aromatic rings. The van der Waals surface area contributed by atoms with E-state index < -0.39 is 0 Å². The van der Waals surface area contributed by atoms with Crippen molar-refractivity contribution in [3.05, 3.63) is 53.6 Å². The topological polar surface area (TPSA) is 42.0 Å². The first kappa shape index (κ1) is 20.1. The molecule has 5 nitrogen and oxygen atoms in total. The molecule has 0 saturated carbocycles. The Labute approximate surface area is 167 Å². The molecule has 1 aliphatic heterocycles. The molecular weight excluding hydrogens is 352 g/mol. The summed E-state index contributed by atoms with van der Waals surface area (Å²) in [5.41, 5.74) is 3.11. The molecule has 0 bridgehead atoms. The van der Waals surface area contributed by atoms with E-state index in [-0.39, 0.29) is 11.3 Å². The molecule has 28 heavy (non-hydrogen) atoms. The molecule has 3 rings (SSSR count). The van der Waals surface area contributed by atoms with Crippen LogP contribution in [-0.4, -0.2) is 51.2 Å². The number of rotatable bonds is 4. The summed E-state index contributed by atoms with van der Waals surface area (Å²) in [7, 11) is 3.31. The standard InChI is InChI=1S/C23H30N2O3/c1-23(2,3)18-8-6-17(7-9-18)22(26)25-14-12-24(13-15-25)20-11-10-19(27-4)16-21(20)28-5/h6-11,16H,12-15H2,1-5H3. The zero-order chi connectivity index (χ0) is 20.3. The SMILES string of the molecule is COc1ccc(N2CCN(C(=O)c3ccc(C(C)(C)C)cc3)CC2)c(OC)c1. The highest BCUT2D eigenvalue weighted by atomic mass is 16.5. The largest absolute Gasteiger partial charge is 0.497 e. The maximum absolute atomic E-state index is 12.9. The van der Waals surface area contributed by atoms with Crippen LogP contribution in [0.4, 0.5) is 5.69 Å². The molecule has 0 atom stereocenters. The molecule has 0 unspecified atom stereocenters. The lowest BCUT2D eigenvalue weighted by Crippen LogP contribution is -2.48. The molecular formula is C23H30N2O3. The molecule has 2 aromatic carbocycles. The molecule has 0 N–H and O–H groups in total. The molecule has 5 heteroatoms.